The van der Waals surface area contributed by atoms with Crippen LogP contribution < -0.4 is 10.5 Å². The third kappa shape index (κ3) is 13.2. The van der Waals surface area contributed by atoms with Crippen LogP contribution in [0.4, 0.5) is 28.4 Å². The summed E-state index contributed by atoms with van der Waals surface area (Å²) in [4.78, 5) is -3.61. The van der Waals surface area contributed by atoms with E-state index in [1.165, 1.54) is 6.92 Å². The van der Waals surface area contributed by atoms with Gasteiger partial charge in [0, 0.05) is 11.5 Å². The maximum atomic E-state index is 12.9. The molecule has 0 aromatic heterocycles. The third-order valence-corrected chi connectivity index (χ3v) is 14.5. The van der Waals surface area contributed by atoms with Crippen LogP contribution in [-0.4, -0.2) is 103 Å². The third-order valence-electron chi connectivity index (χ3n) is 7.78. The molecule has 28 nitrogen and oxygen atoms in total. The number of fused-ring (bicyclic) bond motifs is 1. The van der Waals surface area contributed by atoms with Gasteiger partial charge in [0.25, 0.3) is 20.2 Å². The summed E-state index contributed by atoms with van der Waals surface area (Å²) in [5, 5.41) is 49.5. The number of phenolic OH excluding ortho intramolecular Hbond substituents is 1. The Morgan fingerprint density at radius 3 is 1.92 bits per heavy atom. The minimum Gasteiger partial charge on any atom is -0.505 e. The molecular weight excluding hydrogens is 999 g/mol. The Bertz CT molecular complexity index is 3020. The highest BCUT2D eigenvalue weighted by atomic mass is 32.3. The average molecular weight is 1030 g/mol. The fourth-order valence-electron chi connectivity index (χ4n) is 5.12. The molecule has 0 aliphatic rings. The van der Waals surface area contributed by atoms with E-state index in [1.807, 2.05) is 0 Å². The molecule has 0 atom stereocenters. The number of methoxy groups -OCH3 is 1. The summed E-state index contributed by atoms with van der Waals surface area (Å²) < 4.78 is 175. The maximum absolute atomic E-state index is 12.9. The maximum Gasteiger partial charge on any atom is 0.397 e. The van der Waals surface area contributed by atoms with Crippen LogP contribution >= 0.6 is 24.4 Å². The molecule has 4 rings (SSSR count). The molecule has 0 aliphatic heterocycles. The van der Waals surface area contributed by atoms with Gasteiger partial charge in [-0.25, -0.2) is 31.5 Å². The van der Waals surface area contributed by atoms with Crippen molar-refractivity contribution >= 4 is 114 Å². The second-order valence-electron chi connectivity index (χ2n) is 11.7. The number of rotatable bonds is 22. The second kappa shape index (κ2) is 20.7. The minimum atomic E-state index is -5.28. The molecule has 63 heavy (non-hydrogen) atoms. The van der Waals surface area contributed by atoms with Crippen molar-refractivity contribution in [2.24, 2.45) is 20.5 Å². The summed E-state index contributed by atoms with van der Waals surface area (Å²) in [6.45, 7) is -0.198. The van der Waals surface area contributed by atoms with Crippen LogP contribution in [0.2, 0.25) is 0 Å². The summed E-state index contributed by atoms with van der Waals surface area (Å²) >= 11 is 0.118. The number of nitrogens with zero attached hydrogens (tertiary/aromatic N) is 4. The second-order valence-corrected chi connectivity index (χ2v) is 21.0. The summed E-state index contributed by atoms with van der Waals surface area (Å²) in [5.41, 5.74) is 3.49. The van der Waals surface area contributed by atoms with Gasteiger partial charge in [-0.1, -0.05) is 10.1 Å². The predicted octanol–water partition coefficient (Wildman–Crippen LogP) is 4.56. The normalized spacial score (nSPS) is 13.1. The van der Waals surface area contributed by atoms with Crippen molar-refractivity contribution in [1.29, 1.82) is 0 Å². The van der Waals surface area contributed by atoms with Crippen molar-refractivity contribution in [3.8, 4) is 11.5 Å². The van der Waals surface area contributed by atoms with Gasteiger partial charge in [-0.2, -0.15) is 25.3 Å². The van der Waals surface area contributed by atoms with Crippen molar-refractivity contribution in [3.63, 3.8) is 0 Å². The van der Waals surface area contributed by atoms with E-state index in [1.54, 1.807) is 0 Å². The van der Waals surface area contributed by atoms with Crippen LogP contribution in [0.25, 0.3) is 10.8 Å². The zero-order valence-corrected chi connectivity index (χ0v) is 36.9. The Labute approximate surface area is 364 Å². The zero-order valence-electron chi connectivity index (χ0n) is 31.2. The van der Waals surface area contributed by atoms with Crippen LogP contribution in [0.3, 0.4) is 0 Å². The van der Waals surface area contributed by atoms with E-state index in [-0.39, 0.29) is 46.3 Å². The highest BCUT2D eigenvalue weighted by Gasteiger charge is 2.27. The fraction of sp³-hybridized carbons (Fsp3) is 0.214. The molecule has 0 bridgehead atoms. The number of benzene rings is 4. The molecule has 346 valence electrons. The van der Waals surface area contributed by atoms with Gasteiger partial charge in [0.15, 0.2) is 37.7 Å². The van der Waals surface area contributed by atoms with Crippen LogP contribution in [0.5, 0.6) is 11.5 Å². The van der Waals surface area contributed by atoms with Gasteiger partial charge in [-0.05, 0) is 48.9 Å². The van der Waals surface area contributed by atoms with Gasteiger partial charge in [-0.15, -0.1) is 29.1 Å². The van der Waals surface area contributed by atoms with Crippen LogP contribution in [0, 0.1) is 6.92 Å². The molecular formula is C28H29N5O23S7. The Morgan fingerprint density at radius 1 is 0.698 bits per heavy atom. The number of nitrogens with two attached hydrogens (primary N) is 1. The lowest BCUT2D eigenvalue weighted by molar-refractivity contribution is -0.434. The Hall–Kier alpha value is -4.25. The van der Waals surface area contributed by atoms with Crippen LogP contribution in [0.15, 0.2) is 87.4 Å². The van der Waals surface area contributed by atoms with E-state index in [9.17, 15) is 56.3 Å². The van der Waals surface area contributed by atoms with Gasteiger partial charge < -0.3 is 15.6 Å². The average Bonchev–Trinajstić information content (AvgIpc) is 3.17. The lowest BCUT2D eigenvalue weighted by Gasteiger charge is -2.15. The number of hydrogen-bond donors (Lipinski definition) is 7. The van der Waals surface area contributed by atoms with E-state index < -0.39 is 134 Å². The molecule has 0 unspecified atom stereocenters. The molecule has 0 aliphatic carbocycles. The van der Waals surface area contributed by atoms with Gasteiger partial charge in [0.2, 0.25) is 0 Å². The number of ether oxygens (including phenoxy) is 1. The highest BCUT2D eigenvalue weighted by molar-refractivity contribution is 7.94. The Kier molecular flexibility index (Phi) is 16.9. The molecule has 0 fully saturated rings. The standard InChI is InChI=1S/C28H29N5O23S7/c1-14-9-18(20(50-2)13-22(14)60(39,40)8-6-52-63(47,48)49)31-32-19-12-23(61(41,42)43)16-11-21(57-55-53-35)27(28(34)25(16)26(19)29)33-30-17-4-3-15(10-24(17)62(44,45)46)59(37,38)7-5-51-58-56-54-36/h3-4,9-13,34-36H,5-8,29H2,1-2H3,(H,41,42,43)(H,44,45,46)(H,47,48,49). The van der Waals surface area contributed by atoms with Crippen molar-refractivity contribution in [3.05, 3.63) is 48.0 Å². The van der Waals surface area contributed by atoms with Gasteiger partial charge >= 0.3 is 10.4 Å². The first kappa shape index (κ1) is 51.4. The fourth-order valence-corrected chi connectivity index (χ4v) is 10.2. The smallest absolute Gasteiger partial charge is 0.397 e. The number of aromatic hydroxyl groups is 1. The number of sulfone groups is 2. The van der Waals surface area contributed by atoms with E-state index in [4.69, 9.17) is 29.7 Å². The predicted molar refractivity (Wildman–Crippen MR) is 213 cm³/mol. The molecule has 35 heteroatoms. The number of hydrogen-bond acceptors (Lipinski definition) is 27. The van der Waals surface area contributed by atoms with E-state index in [0.717, 1.165) is 37.4 Å². The number of nitrogen functional groups attached to an aromatic ring is 1. The summed E-state index contributed by atoms with van der Waals surface area (Å²) in [7, 11) is -23.0. The molecule has 8 N–H and O–H groups in total. The minimum absolute atomic E-state index is 0.00688. The molecule has 0 radical (unpaired) electrons. The Morgan fingerprint density at radius 2 is 1.32 bits per heavy atom. The van der Waals surface area contributed by atoms with E-state index in [0.29, 0.717) is 12.1 Å². The highest BCUT2D eigenvalue weighted by Crippen LogP contribution is 2.50. The molecule has 0 saturated heterocycles. The number of azo groups is 2. The lowest BCUT2D eigenvalue weighted by atomic mass is 10.0. The first-order valence-electron chi connectivity index (χ1n) is 16.0. The quantitative estimate of drug-likeness (QED) is 0.0108. The molecule has 0 saturated carbocycles. The Balaban J connectivity index is 1.88. The molecule has 0 heterocycles. The first-order chi connectivity index (χ1) is 29.3. The van der Waals surface area contributed by atoms with E-state index >= 15 is 0 Å². The van der Waals surface area contributed by atoms with Crippen molar-refractivity contribution < 1.29 is 103 Å². The first-order valence-corrected chi connectivity index (χ1v) is 24.9. The topological polar surface area (TPSA) is 432 Å². The molecule has 0 spiro atoms. The number of aryl methyl sites for hydroxylation is 1. The van der Waals surface area contributed by atoms with Gasteiger partial charge in [0.05, 0.1) is 69.6 Å². The van der Waals surface area contributed by atoms with Gasteiger partial charge in [0.1, 0.15) is 38.3 Å². The largest absolute Gasteiger partial charge is 0.505 e. The molecule has 0 amide bonds. The summed E-state index contributed by atoms with van der Waals surface area (Å²) in [6, 6.07) is 5.87. The number of phenols is 1. The lowest BCUT2D eigenvalue weighted by Crippen LogP contribution is -2.16. The number of anilines is 1. The van der Waals surface area contributed by atoms with Crippen LogP contribution in [-0.2, 0) is 77.4 Å². The SMILES string of the molecule is COc1cc(S(=O)(=O)CCOS(=O)(=O)O)c(C)cc1N=Nc1cc(S(=O)(=O)O)c2cc(SOOO)c(N=Nc3ccc(S(=O)(=O)CCOSOOO)cc3S(=O)(=O)O)c(O)c2c1N. The van der Waals surface area contributed by atoms with Crippen molar-refractivity contribution in [1.82, 2.24) is 0 Å². The molecule has 4 aromatic rings. The van der Waals surface area contributed by atoms with Crippen LogP contribution in [0.1, 0.15) is 5.56 Å². The zero-order chi connectivity index (χ0) is 47.1. The monoisotopic (exact) mass is 1030 g/mol. The molecule has 4 aromatic carbocycles. The van der Waals surface area contributed by atoms with Crippen molar-refractivity contribution in [2.45, 2.75) is 31.4 Å². The van der Waals surface area contributed by atoms with Gasteiger partial charge in [-0.3, -0.25) is 17.8 Å². The van der Waals surface area contributed by atoms with Crippen molar-refractivity contribution in [2.75, 3.05) is 37.6 Å². The summed E-state index contributed by atoms with van der Waals surface area (Å²) in [6.07, 6.45) is 0. The summed E-state index contributed by atoms with van der Waals surface area (Å²) in [5.74, 6) is -3.02. The van der Waals surface area contributed by atoms with E-state index in [2.05, 4.69) is 43.4 Å².